The Morgan fingerprint density at radius 3 is 2.61 bits per heavy atom. The number of rotatable bonds is 4. The average molecular weight is 376 g/mol. The lowest BCUT2D eigenvalue weighted by atomic mass is 10.0. The van der Waals surface area contributed by atoms with E-state index in [-0.39, 0.29) is 17.8 Å². The maximum atomic E-state index is 12.4. The van der Waals surface area contributed by atoms with E-state index in [2.05, 4.69) is 27.2 Å². The number of nitrogens with zero attached hydrogens (tertiary/aromatic N) is 3. The van der Waals surface area contributed by atoms with E-state index >= 15 is 0 Å². The summed E-state index contributed by atoms with van der Waals surface area (Å²) in [6.45, 7) is 2.77. The highest BCUT2D eigenvalue weighted by Gasteiger charge is 2.27. The third kappa shape index (κ3) is 3.24. The van der Waals surface area contributed by atoms with Crippen molar-refractivity contribution < 1.29 is 4.84 Å². The van der Waals surface area contributed by atoms with Gasteiger partial charge in [-0.25, -0.2) is 4.79 Å². The first-order valence-corrected chi connectivity index (χ1v) is 9.96. The van der Waals surface area contributed by atoms with E-state index in [4.69, 9.17) is 4.84 Å². The maximum Gasteiger partial charge on any atom is 0.326 e. The van der Waals surface area contributed by atoms with Gasteiger partial charge in [0.05, 0.1) is 16.7 Å². The fourth-order valence-corrected chi connectivity index (χ4v) is 4.40. The first kappa shape index (κ1) is 17.3. The van der Waals surface area contributed by atoms with Crippen molar-refractivity contribution in [1.29, 1.82) is 0 Å². The summed E-state index contributed by atoms with van der Waals surface area (Å²) in [6, 6.07) is 18.4. The van der Waals surface area contributed by atoms with E-state index in [1.54, 1.807) is 0 Å². The van der Waals surface area contributed by atoms with Crippen LogP contribution in [0.15, 0.2) is 64.5 Å². The third-order valence-corrected chi connectivity index (χ3v) is 5.85. The van der Waals surface area contributed by atoms with Crippen LogP contribution in [0.3, 0.4) is 0 Å². The first-order valence-electron chi connectivity index (χ1n) is 9.96. The summed E-state index contributed by atoms with van der Waals surface area (Å²) in [4.78, 5) is 23.5. The zero-order valence-corrected chi connectivity index (χ0v) is 15.8. The van der Waals surface area contributed by atoms with Crippen molar-refractivity contribution in [3.63, 3.8) is 0 Å². The molecular formula is C22H24N4O2. The van der Waals surface area contributed by atoms with Crippen molar-refractivity contribution in [1.82, 2.24) is 14.5 Å². The van der Waals surface area contributed by atoms with Gasteiger partial charge >= 0.3 is 5.69 Å². The Hall–Kier alpha value is -2.86. The van der Waals surface area contributed by atoms with Gasteiger partial charge < -0.3 is 9.82 Å². The molecule has 144 valence electrons. The second-order valence-electron chi connectivity index (χ2n) is 7.69. The van der Waals surface area contributed by atoms with Crippen molar-refractivity contribution in [2.75, 3.05) is 19.6 Å². The molecule has 0 aliphatic carbocycles. The van der Waals surface area contributed by atoms with Crippen molar-refractivity contribution in [2.45, 2.75) is 31.4 Å². The summed E-state index contributed by atoms with van der Waals surface area (Å²) in [7, 11) is 0. The normalized spacial score (nSPS) is 21.0. The van der Waals surface area contributed by atoms with Gasteiger partial charge in [0.25, 0.3) is 0 Å². The molecule has 6 nitrogen and oxygen atoms in total. The van der Waals surface area contributed by atoms with Crippen LogP contribution in [0.25, 0.3) is 11.0 Å². The predicted molar refractivity (Wildman–Crippen MR) is 110 cm³/mol. The second kappa shape index (κ2) is 7.28. The second-order valence-corrected chi connectivity index (χ2v) is 7.69. The highest BCUT2D eigenvalue weighted by Crippen LogP contribution is 2.29. The minimum absolute atomic E-state index is 0.000999. The molecule has 2 aliphatic rings. The molecule has 6 heteroatoms. The van der Waals surface area contributed by atoms with Gasteiger partial charge in [-0.1, -0.05) is 47.6 Å². The third-order valence-electron chi connectivity index (χ3n) is 5.85. The van der Waals surface area contributed by atoms with E-state index in [9.17, 15) is 4.79 Å². The molecule has 1 fully saturated rings. The van der Waals surface area contributed by atoms with E-state index < -0.39 is 0 Å². The summed E-state index contributed by atoms with van der Waals surface area (Å²) < 4.78 is 1.94. The van der Waals surface area contributed by atoms with E-state index in [0.717, 1.165) is 55.6 Å². The van der Waals surface area contributed by atoms with E-state index in [1.165, 1.54) is 5.56 Å². The van der Waals surface area contributed by atoms with Crippen molar-refractivity contribution in [3.8, 4) is 0 Å². The number of piperidine rings is 1. The smallest absolute Gasteiger partial charge is 0.326 e. The summed E-state index contributed by atoms with van der Waals surface area (Å²) >= 11 is 0. The molecule has 2 aliphatic heterocycles. The van der Waals surface area contributed by atoms with Crippen LogP contribution < -0.4 is 5.69 Å². The van der Waals surface area contributed by atoms with Gasteiger partial charge in [-0.2, -0.15) is 0 Å². The van der Waals surface area contributed by atoms with Crippen molar-refractivity contribution in [2.24, 2.45) is 5.16 Å². The van der Waals surface area contributed by atoms with E-state index in [0.29, 0.717) is 0 Å². The van der Waals surface area contributed by atoms with Crippen molar-refractivity contribution in [3.05, 3.63) is 70.6 Å². The number of hydrogen-bond donors (Lipinski definition) is 1. The molecule has 0 amide bonds. The van der Waals surface area contributed by atoms with Crippen LogP contribution in [0.5, 0.6) is 0 Å². The molecule has 1 saturated heterocycles. The Kier molecular flexibility index (Phi) is 4.49. The largest absolute Gasteiger partial charge is 0.387 e. The Morgan fingerprint density at radius 2 is 1.79 bits per heavy atom. The zero-order chi connectivity index (χ0) is 18.9. The lowest BCUT2D eigenvalue weighted by Crippen LogP contribution is -2.39. The topological polar surface area (TPSA) is 62.6 Å². The highest BCUT2D eigenvalue weighted by molar-refractivity contribution is 5.87. The number of aromatic nitrogens is 2. The zero-order valence-electron chi connectivity index (χ0n) is 15.8. The molecule has 1 atom stereocenters. The number of para-hydroxylation sites is 2. The number of oxime groups is 1. The fraction of sp³-hybridized carbons (Fsp3) is 0.364. The predicted octanol–water partition coefficient (Wildman–Crippen LogP) is 3.48. The minimum Gasteiger partial charge on any atom is -0.387 e. The Labute approximate surface area is 163 Å². The number of fused-ring (bicyclic) bond motifs is 1. The molecule has 3 heterocycles. The number of hydrogen-bond acceptors (Lipinski definition) is 4. The number of likely N-dealkylation sites (tertiary alicyclic amines) is 1. The summed E-state index contributed by atoms with van der Waals surface area (Å²) in [6.07, 6.45) is 2.83. The quantitative estimate of drug-likeness (QED) is 0.758. The van der Waals surface area contributed by atoms with Crippen molar-refractivity contribution >= 4 is 16.7 Å². The molecule has 0 spiro atoms. The van der Waals surface area contributed by atoms with Gasteiger partial charge in [-0.3, -0.25) is 9.47 Å². The number of benzene rings is 2. The van der Waals surface area contributed by atoms with Crippen LogP contribution in [0, 0.1) is 0 Å². The van der Waals surface area contributed by atoms with Gasteiger partial charge in [0.1, 0.15) is 0 Å². The number of nitrogens with one attached hydrogen (secondary N) is 1. The molecule has 0 radical (unpaired) electrons. The van der Waals surface area contributed by atoms with Gasteiger partial charge in [0.15, 0.2) is 6.10 Å². The van der Waals surface area contributed by atoms with E-state index in [1.807, 2.05) is 47.0 Å². The van der Waals surface area contributed by atoms with Crippen LogP contribution >= 0.6 is 0 Å². The highest BCUT2D eigenvalue weighted by atomic mass is 16.6. The SMILES string of the molecule is O=c1[nH]c2ccccc2n1C1CCN(CC2=NOC(c3ccccc3)C2)CC1. The summed E-state index contributed by atoms with van der Waals surface area (Å²) in [5, 5.41) is 4.33. The molecule has 1 aromatic heterocycles. The minimum atomic E-state index is -0.000999. The molecule has 2 aromatic carbocycles. The molecular weight excluding hydrogens is 352 g/mol. The van der Waals surface area contributed by atoms with Gasteiger partial charge in [-0.05, 0) is 30.5 Å². The Morgan fingerprint density at radius 1 is 1.04 bits per heavy atom. The van der Waals surface area contributed by atoms with Crippen LogP contribution in [-0.2, 0) is 4.84 Å². The van der Waals surface area contributed by atoms with Crippen LogP contribution in [0.4, 0.5) is 0 Å². The lowest BCUT2D eigenvalue weighted by molar-refractivity contribution is 0.0856. The Bertz CT molecular complexity index is 1050. The number of imidazole rings is 1. The van der Waals surface area contributed by atoms with Crippen LogP contribution in [0.1, 0.15) is 37.0 Å². The number of H-pyrrole nitrogens is 1. The molecule has 28 heavy (non-hydrogen) atoms. The molecule has 0 bridgehead atoms. The van der Waals surface area contributed by atoms with Crippen LogP contribution in [-0.4, -0.2) is 39.8 Å². The standard InChI is InChI=1S/C22H24N4O2/c27-22-23-19-8-4-5-9-20(19)26(22)18-10-12-25(13-11-18)15-17-14-21(28-24-17)16-6-2-1-3-7-16/h1-9,18,21H,10-15H2,(H,23,27). The summed E-state index contributed by atoms with van der Waals surface area (Å²) in [5.41, 5.74) is 4.21. The van der Waals surface area contributed by atoms with Gasteiger partial charge in [0, 0.05) is 32.1 Å². The first-order chi connectivity index (χ1) is 13.8. The monoisotopic (exact) mass is 376 g/mol. The lowest BCUT2D eigenvalue weighted by Gasteiger charge is -2.32. The molecule has 5 rings (SSSR count). The maximum absolute atomic E-state index is 12.4. The average Bonchev–Trinajstić information content (AvgIpc) is 3.33. The summed E-state index contributed by atoms with van der Waals surface area (Å²) in [5.74, 6) is 0. The fourth-order valence-electron chi connectivity index (χ4n) is 4.40. The van der Waals surface area contributed by atoms with Gasteiger partial charge in [0.2, 0.25) is 0 Å². The molecule has 1 unspecified atom stereocenters. The molecule has 1 N–H and O–H groups in total. The molecule has 3 aromatic rings. The van der Waals surface area contributed by atoms with Crippen LogP contribution in [0.2, 0.25) is 0 Å². The Balaban J connectivity index is 1.20. The molecule has 0 saturated carbocycles. The van der Waals surface area contributed by atoms with Gasteiger partial charge in [-0.15, -0.1) is 0 Å². The number of aromatic amines is 1.